The number of nitrogens with one attached hydrogen (secondary N) is 2. The minimum atomic E-state index is -0.00792. The molecule has 0 amide bonds. The monoisotopic (exact) mass is 370 g/mol. The molecule has 0 aromatic heterocycles. The number of rotatable bonds is 3. The number of likely N-dealkylation sites (N-methyl/N-ethyl adjacent to an activating group) is 1. The highest BCUT2D eigenvalue weighted by Crippen LogP contribution is 2.58. The molecule has 2 unspecified atom stereocenters. The van der Waals surface area contributed by atoms with E-state index in [0.29, 0.717) is 6.04 Å². The molecule has 2 N–H and O–H groups in total. The van der Waals surface area contributed by atoms with Gasteiger partial charge in [0.2, 0.25) is 0 Å². The molecule has 2 aliphatic rings. The molecule has 28 heavy (non-hydrogen) atoms. The van der Waals surface area contributed by atoms with Crippen molar-refractivity contribution in [1.29, 1.82) is 0 Å². The topological polar surface area (TPSA) is 24.1 Å². The van der Waals surface area contributed by atoms with Gasteiger partial charge >= 0.3 is 0 Å². The molecule has 0 spiro atoms. The zero-order valence-electron chi connectivity index (χ0n) is 16.9. The third-order valence-electron chi connectivity index (χ3n) is 6.28. The van der Waals surface area contributed by atoms with E-state index in [0.717, 1.165) is 12.5 Å². The molecule has 1 aliphatic heterocycles. The number of hydrogen-bond donors (Lipinski definition) is 2. The fourth-order valence-corrected chi connectivity index (χ4v) is 4.60. The summed E-state index contributed by atoms with van der Waals surface area (Å²) in [4.78, 5) is 0. The second kappa shape index (κ2) is 8.30. The summed E-state index contributed by atoms with van der Waals surface area (Å²) < 4.78 is 0. The molecule has 1 fully saturated rings. The van der Waals surface area contributed by atoms with E-state index >= 15 is 0 Å². The third kappa shape index (κ3) is 3.39. The summed E-state index contributed by atoms with van der Waals surface area (Å²) in [5.41, 5.74) is 5.59. The standard InChI is InChI=1S/C19H14.C7H16N2/c1-3-9-15(10-4-1)19(16-11-5-2-6-12-16)17-13-7-8-14-18(17)19;1-6-3-4-9-5-7(6)8-2/h1-14H;6-9H,3-5H2,1-2H3. The van der Waals surface area contributed by atoms with Crippen LogP contribution in [0, 0.1) is 5.92 Å². The van der Waals surface area contributed by atoms with Crippen molar-refractivity contribution in [3.05, 3.63) is 107 Å². The Labute approximate surface area is 169 Å². The molecule has 3 aromatic carbocycles. The van der Waals surface area contributed by atoms with E-state index in [9.17, 15) is 0 Å². The largest absolute Gasteiger partial charge is 0.315 e. The molecular formula is C26H30N2. The quantitative estimate of drug-likeness (QED) is 0.551. The smallest absolute Gasteiger partial charge is 0.0708 e. The van der Waals surface area contributed by atoms with Crippen LogP contribution in [0.15, 0.2) is 84.9 Å². The lowest BCUT2D eigenvalue weighted by Crippen LogP contribution is -2.46. The minimum Gasteiger partial charge on any atom is -0.315 e. The van der Waals surface area contributed by atoms with Crippen LogP contribution in [0.2, 0.25) is 0 Å². The molecule has 0 saturated carbocycles. The van der Waals surface area contributed by atoms with E-state index in [1.807, 2.05) is 7.05 Å². The van der Waals surface area contributed by atoms with Crippen molar-refractivity contribution in [1.82, 2.24) is 10.6 Å². The Bertz CT molecular complexity index is 824. The zero-order valence-corrected chi connectivity index (χ0v) is 16.9. The van der Waals surface area contributed by atoms with E-state index < -0.39 is 0 Å². The molecule has 144 valence electrons. The predicted octanol–water partition coefficient (Wildman–Crippen LogP) is 4.59. The molecule has 2 nitrogen and oxygen atoms in total. The average Bonchev–Trinajstić information content (AvgIpc) is 3.46. The van der Waals surface area contributed by atoms with Gasteiger partial charge in [-0.15, -0.1) is 0 Å². The van der Waals surface area contributed by atoms with Crippen molar-refractivity contribution in [3.8, 4) is 0 Å². The molecule has 1 heterocycles. The van der Waals surface area contributed by atoms with Gasteiger partial charge in [0.25, 0.3) is 0 Å². The normalized spacial score (nSPS) is 21.8. The highest BCUT2D eigenvalue weighted by Gasteiger charge is 2.52. The minimum absolute atomic E-state index is 0.00792. The van der Waals surface area contributed by atoms with Crippen molar-refractivity contribution < 1.29 is 0 Å². The predicted molar refractivity (Wildman–Crippen MR) is 118 cm³/mol. The first-order valence-electron chi connectivity index (χ1n) is 10.4. The van der Waals surface area contributed by atoms with Crippen LogP contribution in [0.25, 0.3) is 0 Å². The molecule has 0 bridgehead atoms. The zero-order chi connectivity index (χ0) is 19.4. The van der Waals surface area contributed by atoms with Crippen LogP contribution >= 0.6 is 0 Å². The van der Waals surface area contributed by atoms with E-state index in [1.165, 1.54) is 35.2 Å². The molecule has 1 saturated heterocycles. The summed E-state index contributed by atoms with van der Waals surface area (Å²) in [6, 6.07) is 31.0. The van der Waals surface area contributed by atoms with Gasteiger partial charge in [0.15, 0.2) is 0 Å². The van der Waals surface area contributed by atoms with Gasteiger partial charge in [-0.1, -0.05) is 91.9 Å². The third-order valence-corrected chi connectivity index (χ3v) is 6.28. The highest BCUT2D eigenvalue weighted by atomic mass is 15.0. The van der Waals surface area contributed by atoms with Gasteiger partial charge in [-0.3, -0.25) is 0 Å². The SMILES string of the molecule is CNC1CNCCC1C.c1ccc(C2(c3ccccc3)c3ccccc32)cc1. The van der Waals surface area contributed by atoms with Gasteiger partial charge in [-0.25, -0.2) is 0 Å². The van der Waals surface area contributed by atoms with Crippen LogP contribution in [0.3, 0.4) is 0 Å². The molecule has 2 atom stereocenters. The summed E-state index contributed by atoms with van der Waals surface area (Å²) in [5, 5.41) is 6.64. The molecule has 1 aliphatic carbocycles. The Balaban J connectivity index is 0.000000181. The van der Waals surface area contributed by atoms with Crippen molar-refractivity contribution >= 4 is 0 Å². The summed E-state index contributed by atoms with van der Waals surface area (Å²) in [7, 11) is 2.04. The van der Waals surface area contributed by atoms with Crippen molar-refractivity contribution in [3.63, 3.8) is 0 Å². The summed E-state index contributed by atoms with van der Waals surface area (Å²) >= 11 is 0. The number of piperidine rings is 1. The number of benzene rings is 3. The lowest BCUT2D eigenvalue weighted by molar-refractivity contribution is 0.311. The van der Waals surface area contributed by atoms with Crippen molar-refractivity contribution in [2.24, 2.45) is 5.92 Å². The second-order valence-corrected chi connectivity index (χ2v) is 7.89. The van der Waals surface area contributed by atoms with Gasteiger partial charge in [-0.05, 0) is 48.2 Å². The number of hydrogen-bond acceptors (Lipinski definition) is 2. The van der Waals surface area contributed by atoms with Crippen LogP contribution in [-0.4, -0.2) is 26.2 Å². The van der Waals surface area contributed by atoms with Gasteiger partial charge in [0.05, 0.1) is 5.41 Å². The molecular weight excluding hydrogens is 340 g/mol. The Hall–Kier alpha value is -2.42. The average molecular weight is 371 g/mol. The van der Waals surface area contributed by atoms with Crippen molar-refractivity contribution in [2.45, 2.75) is 24.8 Å². The maximum Gasteiger partial charge on any atom is 0.0708 e. The van der Waals surface area contributed by atoms with Gasteiger partial charge in [0.1, 0.15) is 0 Å². The van der Waals surface area contributed by atoms with E-state index in [1.54, 1.807) is 0 Å². The molecule has 2 heteroatoms. The first-order chi connectivity index (χ1) is 13.8. The summed E-state index contributed by atoms with van der Waals surface area (Å²) in [5.74, 6) is 0.844. The van der Waals surface area contributed by atoms with Gasteiger partial charge < -0.3 is 10.6 Å². The Kier molecular flexibility index (Phi) is 5.61. The lowest BCUT2D eigenvalue weighted by atomic mass is 9.84. The first-order valence-corrected chi connectivity index (χ1v) is 10.4. The Morgan fingerprint density at radius 2 is 1.29 bits per heavy atom. The van der Waals surface area contributed by atoms with E-state index in [2.05, 4.69) is 102 Å². The first kappa shape index (κ1) is 18.9. The number of fused-ring (bicyclic) bond motifs is 1. The highest BCUT2D eigenvalue weighted by molar-refractivity contribution is 5.74. The fourth-order valence-electron chi connectivity index (χ4n) is 4.60. The fraction of sp³-hybridized carbons (Fsp3) is 0.308. The van der Waals surface area contributed by atoms with Crippen LogP contribution in [0.1, 0.15) is 35.6 Å². The Morgan fingerprint density at radius 3 is 1.71 bits per heavy atom. The van der Waals surface area contributed by atoms with E-state index in [-0.39, 0.29) is 5.41 Å². The van der Waals surface area contributed by atoms with Crippen LogP contribution < -0.4 is 10.6 Å². The Morgan fingerprint density at radius 1 is 0.786 bits per heavy atom. The molecule has 3 aromatic rings. The molecule has 0 radical (unpaired) electrons. The van der Waals surface area contributed by atoms with Crippen LogP contribution in [0.5, 0.6) is 0 Å². The maximum absolute atomic E-state index is 3.35. The van der Waals surface area contributed by atoms with Crippen LogP contribution in [0.4, 0.5) is 0 Å². The second-order valence-electron chi connectivity index (χ2n) is 7.89. The summed E-state index contributed by atoms with van der Waals surface area (Å²) in [6.45, 7) is 4.64. The summed E-state index contributed by atoms with van der Waals surface area (Å²) in [6.07, 6.45) is 1.31. The van der Waals surface area contributed by atoms with Crippen LogP contribution in [-0.2, 0) is 5.41 Å². The van der Waals surface area contributed by atoms with Crippen molar-refractivity contribution in [2.75, 3.05) is 20.1 Å². The molecule has 5 rings (SSSR count). The lowest BCUT2D eigenvalue weighted by Gasteiger charge is -2.28. The van der Waals surface area contributed by atoms with E-state index in [4.69, 9.17) is 0 Å². The van der Waals surface area contributed by atoms with Gasteiger partial charge in [0, 0.05) is 12.6 Å². The van der Waals surface area contributed by atoms with Gasteiger partial charge in [-0.2, -0.15) is 0 Å². The maximum atomic E-state index is 3.35.